The maximum Gasteiger partial charge on any atom is 0.415 e. The van der Waals surface area contributed by atoms with E-state index in [9.17, 15) is 14.9 Å². The third-order valence-electron chi connectivity index (χ3n) is 4.29. The molecule has 10 nitrogen and oxygen atoms in total. The summed E-state index contributed by atoms with van der Waals surface area (Å²) in [4.78, 5) is 32.8. The van der Waals surface area contributed by atoms with Gasteiger partial charge >= 0.3 is 17.8 Å². The number of hydrogen-bond acceptors (Lipinski definition) is 8. The molecular weight excluding hydrogens is 414 g/mol. The molecule has 0 aliphatic rings. The number of carbonyl (C=O) groups excluding carboxylic acids is 1. The number of carbonyl (C=O) groups is 1. The third kappa shape index (κ3) is 6.53. The number of rotatable bonds is 12. The minimum Gasteiger partial charge on any atom is -0.463 e. The van der Waals surface area contributed by atoms with E-state index in [1.807, 2.05) is 18.2 Å². The van der Waals surface area contributed by atoms with Crippen LogP contribution in [0.15, 0.2) is 49.6 Å². The molecule has 32 heavy (non-hydrogen) atoms. The number of nitrogen functional groups attached to an aromatic ring is 1. The molecule has 0 bridgehead atoms. The number of nitrogens with two attached hydrogens (primary N) is 1. The van der Waals surface area contributed by atoms with Crippen molar-refractivity contribution in [1.29, 1.82) is 0 Å². The average Bonchev–Trinajstić information content (AvgIpc) is 2.75. The van der Waals surface area contributed by atoms with Crippen LogP contribution in [-0.4, -0.2) is 34.2 Å². The second kappa shape index (κ2) is 12.0. The van der Waals surface area contributed by atoms with Crippen LogP contribution in [0, 0.1) is 10.1 Å². The van der Waals surface area contributed by atoms with Gasteiger partial charge in [-0.15, -0.1) is 13.2 Å². The molecule has 0 radical (unpaired) electrons. The standard InChI is InChI=1S/C22H27N5O5/c1-4-7-8-13-32-21-24-19(23)18(27(29)30)20(25-21)26(22(28)31-6-3)15-17-12-9-11-16(14-17)10-5-2/h4-5,9,11-12,14H,1-2,6-8,10,13,15H2,3H3,(H2,23,24,25). The maximum absolute atomic E-state index is 12.8. The van der Waals surface area contributed by atoms with Gasteiger partial charge in [0.25, 0.3) is 0 Å². The second-order valence-corrected chi connectivity index (χ2v) is 6.70. The molecule has 0 spiro atoms. The molecule has 0 saturated carbocycles. The van der Waals surface area contributed by atoms with Gasteiger partial charge in [-0.25, -0.2) is 4.79 Å². The van der Waals surface area contributed by atoms with Crippen LogP contribution in [0.4, 0.5) is 22.1 Å². The van der Waals surface area contributed by atoms with E-state index < -0.39 is 22.5 Å². The van der Waals surface area contributed by atoms with Gasteiger partial charge in [0.15, 0.2) is 0 Å². The van der Waals surface area contributed by atoms with Crippen molar-refractivity contribution in [2.75, 3.05) is 23.8 Å². The number of amides is 1. The lowest BCUT2D eigenvalue weighted by Crippen LogP contribution is -2.33. The Balaban J connectivity index is 2.50. The molecule has 2 rings (SSSR count). The number of nitro groups is 1. The Morgan fingerprint density at radius 2 is 2.03 bits per heavy atom. The van der Waals surface area contributed by atoms with E-state index in [-0.39, 0.29) is 31.6 Å². The van der Waals surface area contributed by atoms with Crippen LogP contribution in [-0.2, 0) is 17.7 Å². The Bertz CT molecular complexity index is 979. The fraction of sp³-hybridized carbons (Fsp3) is 0.318. The monoisotopic (exact) mass is 441 g/mol. The smallest absolute Gasteiger partial charge is 0.415 e. The molecule has 10 heteroatoms. The first kappa shape index (κ1) is 24.3. The molecule has 0 fully saturated rings. The topological polar surface area (TPSA) is 134 Å². The van der Waals surface area contributed by atoms with Crippen LogP contribution in [0.2, 0.25) is 0 Å². The summed E-state index contributed by atoms with van der Waals surface area (Å²) in [5.74, 6) is -0.706. The van der Waals surface area contributed by atoms with Gasteiger partial charge in [-0.1, -0.05) is 36.4 Å². The van der Waals surface area contributed by atoms with Crippen LogP contribution >= 0.6 is 0 Å². The van der Waals surface area contributed by atoms with Crippen molar-refractivity contribution in [1.82, 2.24) is 9.97 Å². The lowest BCUT2D eigenvalue weighted by Gasteiger charge is -2.22. The van der Waals surface area contributed by atoms with E-state index in [4.69, 9.17) is 15.2 Å². The van der Waals surface area contributed by atoms with Crippen molar-refractivity contribution in [3.63, 3.8) is 0 Å². The number of nitrogens with zero attached hydrogens (tertiary/aromatic N) is 4. The summed E-state index contributed by atoms with van der Waals surface area (Å²) in [6.45, 7) is 9.30. The van der Waals surface area contributed by atoms with Gasteiger partial charge in [-0.05, 0) is 37.3 Å². The molecule has 2 aromatic rings. The van der Waals surface area contributed by atoms with Crippen LogP contribution in [0.1, 0.15) is 30.9 Å². The Kier molecular flexibility index (Phi) is 9.15. The minimum absolute atomic E-state index is 0.0307. The van der Waals surface area contributed by atoms with Crippen LogP contribution < -0.4 is 15.4 Å². The van der Waals surface area contributed by atoms with E-state index in [0.717, 1.165) is 16.0 Å². The Morgan fingerprint density at radius 3 is 2.69 bits per heavy atom. The highest BCUT2D eigenvalue weighted by atomic mass is 16.6. The van der Waals surface area contributed by atoms with Crippen molar-refractivity contribution >= 4 is 23.4 Å². The molecule has 0 atom stereocenters. The molecule has 1 aromatic heterocycles. The number of allylic oxidation sites excluding steroid dienone is 2. The zero-order valence-corrected chi connectivity index (χ0v) is 18.0. The zero-order valence-electron chi connectivity index (χ0n) is 18.0. The zero-order chi connectivity index (χ0) is 23.5. The van der Waals surface area contributed by atoms with E-state index >= 15 is 0 Å². The highest BCUT2D eigenvalue weighted by molar-refractivity contribution is 5.90. The SMILES string of the molecule is C=CCCCOc1nc(N)c([N+](=O)[O-])c(N(Cc2cccc(CC=C)c2)C(=O)OCC)n1. The van der Waals surface area contributed by atoms with Gasteiger partial charge in [-0.2, -0.15) is 9.97 Å². The number of ether oxygens (including phenoxy) is 2. The van der Waals surface area contributed by atoms with Crippen molar-refractivity contribution < 1.29 is 19.2 Å². The molecule has 0 aliphatic carbocycles. The van der Waals surface area contributed by atoms with Gasteiger partial charge in [0.2, 0.25) is 11.6 Å². The molecular formula is C22H27N5O5. The highest BCUT2D eigenvalue weighted by Gasteiger charge is 2.32. The predicted octanol–water partition coefficient (Wildman–Crippen LogP) is 4.20. The first-order valence-corrected chi connectivity index (χ1v) is 10.1. The minimum atomic E-state index is -0.805. The largest absolute Gasteiger partial charge is 0.463 e. The van der Waals surface area contributed by atoms with Gasteiger partial charge in [0, 0.05) is 0 Å². The number of anilines is 2. The summed E-state index contributed by atoms with van der Waals surface area (Å²) in [5.41, 5.74) is 6.94. The van der Waals surface area contributed by atoms with Gasteiger partial charge in [0.1, 0.15) is 0 Å². The van der Waals surface area contributed by atoms with Gasteiger partial charge < -0.3 is 15.2 Å². The fourth-order valence-electron chi connectivity index (χ4n) is 2.89. The Hall–Kier alpha value is -3.95. The van der Waals surface area contributed by atoms with Crippen molar-refractivity contribution in [2.24, 2.45) is 0 Å². The van der Waals surface area contributed by atoms with Crippen molar-refractivity contribution in [2.45, 2.75) is 32.7 Å². The third-order valence-corrected chi connectivity index (χ3v) is 4.29. The van der Waals surface area contributed by atoms with Crippen molar-refractivity contribution in [3.8, 4) is 6.01 Å². The van der Waals surface area contributed by atoms with E-state index in [2.05, 4.69) is 23.1 Å². The summed E-state index contributed by atoms with van der Waals surface area (Å²) in [6.07, 6.45) is 4.69. The van der Waals surface area contributed by atoms with E-state index in [0.29, 0.717) is 19.3 Å². The molecule has 0 unspecified atom stereocenters. The molecule has 1 amide bonds. The Labute approximate surface area is 186 Å². The molecule has 0 aliphatic heterocycles. The molecule has 2 N–H and O–H groups in total. The van der Waals surface area contributed by atoms with E-state index in [1.165, 1.54) is 0 Å². The van der Waals surface area contributed by atoms with Gasteiger partial charge in [0.05, 0.1) is 24.7 Å². The van der Waals surface area contributed by atoms with Crippen LogP contribution in [0.25, 0.3) is 0 Å². The predicted molar refractivity (Wildman–Crippen MR) is 122 cm³/mol. The number of benzene rings is 1. The fourth-order valence-corrected chi connectivity index (χ4v) is 2.89. The summed E-state index contributed by atoms with van der Waals surface area (Å²) in [5, 5.41) is 11.7. The molecule has 0 saturated heterocycles. The number of hydrogen-bond donors (Lipinski definition) is 1. The maximum atomic E-state index is 12.8. The molecule has 1 aromatic carbocycles. The van der Waals surface area contributed by atoms with Gasteiger partial charge in [-0.3, -0.25) is 15.0 Å². The highest BCUT2D eigenvalue weighted by Crippen LogP contribution is 2.34. The first-order valence-electron chi connectivity index (χ1n) is 10.1. The summed E-state index contributed by atoms with van der Waals surface area (Å²) < 4.78 is 10.6. The van der Waals surface area contributed by atoms with Crippen molar-refractivity contribution in [3.05, 3.63) is 70.8 Å². The Morgan fingerprint density at radius 1 is 1.28 bits per heavy atom. The normalized spacial score (nSPS) is 10.3. The van der Waals surface area contributed by atoms with Crippen LogP contribution in [0.3, 0.4) is 0 Å². The number of unbranched alkanes of at least 4 members (excludes halogenated alkanes) is 1. The lowest BCUT2D eigenvalue weighted by atomic mass is 10.1. The summed E-state index contributed by atoms with van der Waals surface area (Å²) in [7, 11) is 0. The van der Waals surface area contributed by atoms with Crippen LogP contribution in [0.5, 0.6) is 6.01 Å². The second-order valence-electron chi connectivity index (χ2n) is 6.70. The van der Waals surface area contributed by atoms with E-state index in [1.54, 1.807) is 25.1 Å². The quantitative estimate of drug-likeness (QED) is 0.224. The average molecular weight is 441 g/mol. The molecule has 170 valence electrons. The first-order chi connectivity index (χ1) is 15.4. The molecule has 1 heterocycles. The number of aromatic nitrogens is 2. The lowest BCUT2D eigenvalue weighted by molar-refractivity contribution is -0.383. The summed E-state index contributed by atoms with van der Waals surface area (Å²) >= 11 is 0. The summed E-state index contributed by atoms with van der Waals surface area (Å²) in [6, 6.07) is 7.25.